The summed E-state index contributed by atoms with van der Waals surface area (Å²) >= 11 is 1.32. The summed E-state index contributed by atoms with van der Waals surface area (Å²) in [5, 5.41) is 2.26. The first-order chi connectivity index (χ1) is 21.3. The lowest BCUT2D eigenvalue weighted by atomic mass is 9.93. The second kappa shape index (κ2) is 12.4. The van der Waals surface area contributed by atoms with Crippen LogP contribution >= 0.6 is 11.3 Å². The molecular formula is C36H29F2N3O2S. The van der Waals surface area contributed by atoms with Crippen LogP contribution in [-0.4, -0.2) is 22.3 Å². The van der Waals surface area contributed by atoms with Crippen LogP contribution in [0.25, 0.3) is 21.3 Å². The number of nitrogen functional groups attached to an aromatic ring is 1. The molecule has 0 fully saturated rings. The number of benzene rings is 4. The van der Waals surface area contributed by atoms with Crippen LogP contribution in [0.5, 0.6) is 0 Å². The molecule has 0 aliphatic carbocycles. The number of anilines is 1. The Morgan fingerprint density at radius 1 is 0.841 bits per heavy atom. The Bertz CT molecular complexity index is 2020. The number of ketones is 1. The van der Waals surface area contributed by atoms with Crippen LogP contribution in [0.1, 0.15) is 32.6 Å². The minimum Gasteiger partial charge on any atom is -0.399 e. The third kappa shape index (κ3) is 5.82. The second-order valence-corrected chi connectivity index (χ2v) is 11.7. The Hall–Kier alpha value is -4.92. The maximum Gasteiger partial charge on any atom is 0.201 e. The number of carbonyl (C=O) groups excluding carboxylic acids is 1. The van der Waals surface area contributed by atoms with E-state index in [-0.39, 0.29) is 17.7 Å². The van der Waals surface area contributed by atoms with Gasteiger partial charge in [0, 0.05) is 36.1 Å². The molecule has 6 rings (SSSR count). The number of halogens is 2. The molecule has 220 valence electrons. The van der Waals surface area contributed by atoms with E-state index in [0.717, 1.165) is 16.7 Å². The van der Waals surface area contributed by atoms with Gasteiger partial charge in [0.1, 0.15) is 16.5 Å². The van der Waals surface area contributed by atoms with E-state index in [2.05, 4.69) is 4.90 Å². The lowest BCUT2D eigenvalue weighted by Gasteiger charge is -2.17. The number of hydrogen-bond donors (Lipinski definition) is 1. The molecule has 0 aliphatic heterocycles. The van der Waals surface area contributed by atoms with Gasteiger partial charge in [-0.2, -0.15) is 0 Å². The summed E-state index contributed by atoms with van der Waals surface area (Å²) in [6.45, 7) is 0.910. The van der Waals surface area contributed by atoms with Crippen molar-refractivity contribution >= 4 is 33.0 Å². The van der Waals surface area contributed by atoms with Gasteiger partial charge in [-0.15, -0.1) is 11.3 Å². The minimum absolute atomic E-state index is 0.0671. The Balaban J connectivity index is 1.48. The van der Waals surface area contributed by atoms with Gasteiger partial charge in [-0.25, -0.2) is 8.78 Å². The van der Waals surface area contributed by atoms with Crippen LogP contribution < -0.4 is 11.2 Å². The maximum absolute atomic E-state index is 14.8. The molecule has 2 N–H and O–H groups in total. The lowest BCUT2D eigenvalue weighted by molar-refractivity contribution is 0.103. The first kappa shape index (κ1) is 29.2. The molecule has 0 unspecified atom stereocenters. The zero-order chi connectivity index (χ0) is 30.8. The fraction of sp³-hybridized carbons (Fsp3) is 0.111. The van der Waals surface area contributed by atoms with E-state index in [0.29, 0.717) is 40.1 Å². The Morgan fingerprint density at radius 2 is 1.52 bits per heavy atom. The SMILES string of the molecule is CN(Cc1ccccc1)Cc1csc2c1c(=O)c(C(=O)c1ccccc1-c1ccc(N)cc1)cn2Cc1c(F)cccc1F. The standard InChI is InChI=1S/C36H29F2N3O2S/c1-40(18-23-8-3-2-4-9-23)19-25-22-44-36-33(25)35(43)30(21-41(36)20-29-31(37)12-7-13-32(29)38)34(42)28-11-6-5-10-27(28)24-14-16-26(39)17-15-24/h2-17,21-22H,18-20,39H2,1H3. The lowest BCUT2D eigenvalue weighted by Crippen LogP contribution is -2.22. The topological polar surface area (TPSA) is 68.3 Å². The normalized spacial score (nSPS) is 11.4. The average molecular weight is 606 g/mol. The number of hydrogen-bond acceptors (Lipinski definition) is 5. The zero-order valence-corrected chi connectivity index (χ0v) is 24.8. The predicted molar refractivity (Wildman–Crippen MR) is 173 cm³/mol. The zero-order valence-electron chi connectivity index (χ0n) is 24.0. The molecule has 0 saturated heterocycles. The van der Waals surface area contributed by atoms with E-state index in [9.17, 15) is 18.4 Å². The molecule has 2 heterocycles. The van der Waals surface area contributed by atoms with Crippen LogP contribution in [0.2, 0.25) is 0 Å². The third-order valence-electron chi connectivity index (χ3n) is 7.63. The Labute approximate surface area is 257 Å². The summed E-state index contributed by atoms with van der Waals surface area (Å²) in [6, 6.07) is 27.9. The van der Waals surface area contributed by atoms with Gasteiger partial charge in [-0.05, 0) is 58.9 Å². The third-order valence-corrected chi connectivity index (χ3v) is 8.69. The van der Waals surface area contributed by atoms with E-state index in [1.165, 1.54) is 35.7 Å². The van der Waals surface area contributed by atoms with E-state index in [1.807, 2.05) is 67.0 Å². The molecule has 0 amide bonds. The highest BCUT2D eigenvalue weighted by molar-refractivity contribution is 7.17. The van der Waals surface area contributed by atoms with Gasteiger partial charge in [0.05, 0.1) is 17.5 Å². The Kier molecular flexibility index (Phi) is 8.19. The fourth-order valence-corrected chi connectivity index (χ4v) is 6.52. The van der Waals surface area contributed by atoms with Crippen molar-refractivity contribution in [3.8, 4) is 11.1 Å². The molecule has 0 saturated carbocycles. The number of thiophene rings is 1. The molecule has 0 spiro atoms. The summed E-state index contributed by atoms with van der Waals surface area (Å²) < 4.78 is 31.2. The van der Waals surface area contributed by atoms with Crippen molar-refractivity contribution in [3.63, 3.8) is 0 Å². The largest absolute Gasteiger partial charge is 0.399 e. The number of nitrogens with zero attached hydrogens (tertiary/aromatic N) is 2. The van der Waals surface area contributed by atoms with Crippen molar-refractivity contribution in [1.29, 1.82) is 0 Å². The maximum atomic E-state index is 14.8. The van der Waals surface area contributed by atoms with Crippen LogP contribution in [0.15, 0.2) is 113 Å². The fourth-order valence-electron chi connectivity index (χ4n) is 5.48. The summed E-state index contributed by atoms with van der Waals surface area (Å²) in [7, 11) is 1.96. The molecule has 0 atom stereocenters. The Morgan fingerprint density at radius 3 is 2.25 bits per heavy atom. The number of carbonyl (C=O) groups is 1. The molecular weight excluding hydrogens is 576 g/mol. The smallest absolute Gasteiger partial charge is 0.201 e. The molecule has 4 aromatic carbocycles. The van der Waals surface area contributed by atoms with Gasteiger partial charge in [-0.1, -0.05) is 72.8 Å². The first-order valence-corrected chi connectivity index (χ1v) is 15.0. The number of fused-ring (bicyclic) bond motifs is 1. The summed E-state index contributed by atoms with van der Waals surface area (Å²) in [5.74, 6) is -1.86. The monoisotopic (exact) mass is 605 g/mol. The average Bonchev–Trinajstić information content (AvgIpc) is 3.44. The van der Waals surface area contributed by atoms with Crippen molar-refractivity contribution in [2.75, 3.05) is 12.8 Å². The molecule has 2 aromatic heterocycles. The van der Waals surface area contributed by atoms with Crippen LogP contribution in [0.3, 0.4) is 0 Å². The predicted octanol–water partition coefficient (Wildman–Crippen LogP) is 7.50. The van der Waals surface area contributed by atoms with Gasteiger partial charge in [-0.3, -0.25) is 14.5 Å². The van der Waals surface area contributed by atoms with E-state index in [1.54, 1.807) is 28.8 Å². The number of rotatable bonds is 9. The highest BCUT2D eigenvalue weighted by Crippen LogP contribution is 2.30. The molecule has 44 heavy (non-hydrogen) atoms. The van der Waals surface area contributed by atoms with Crippen molar-refractivity contribution in [2.45, 2.75) is 19.6 Å². The number of nitrogens with two attached hydrogens (primary N) is 1. The highest BCUT2D eigenvalue weighted by Gasteiger charge is 2.24. The van der Waals surface area contributed by atoms with Gasteiger partial charge < -0.3 is 10.3 Å². The van der Waals surface area contributed by atoms with Gasteiger partial charge >= 0.3 is 0 Å². The van der Waals surface area contributed by atoms with Crippen molar-refractivity contribution in [1.82, 2.24) is 9.47 Å². The van der Waals surface area contributed by atoms with Crippen LogP contribution in [0.4, 0.5) is 14.5 Å². The quantitative estimate of drug-likeness (QED) is 0.137. The molecule has 8 heteroatoms. The minimum atomic E-state index is -0.696. The second-order valence-electron chi connectivity index (χ2n) is 10.8. The van der Waals surface area contributed by atoms with Gasteiger partial charge in [0.2, 0.25) is 5.43 Å². The van der Waals surface area contributed by atoms with Crippen molar-refractivity contribution in [3.05, 3.63) is 158 Å². The number of aromatic nitrogens is 1. The molecule has 6 aromatic rings. The summed E-state index contributed by atoms with van der Waals surface area (Å²) in [5.41, 5.74) is 9.49. The van der Waals surface area contributed by atoms with Crippen molar-refractivity contribution < 1.29 is 13.6 Å². The molecule has 0 aliphatic rings. The first-order valence-electron chi connectivity index (χ1n) is 14.1. The van der Waals surface area contributed by atoms with E-state index < -0.39 is 22.8 Å². The summed E-state index contributed by atoms with van der Waals surface area (Å²) in [4.78, 5) is 31.0. The molecule has 0 radical (unpaired) electrons. The molecule has 5 nitrogen and oxygen atoms in total. The van der Waals surface area contributed by atoms with Gasteiger partial charge in [0.25, 0.3) is 0 Å². The van der Waals surface area contributed by atoms with Crippen molar-refractivity contribution in [2.24, 2.45) is 0 Å². The van der Waals surface area contributed by atoms with E-state index >= 15 is 0 Å². The van der Waals surface area contributed by atoms with E-state index in [4.69, 9.17) is 5.73 Å². The summed E-state index contributed by atoms with van der Waals surface area (Å²) in [6.07, 6.45) is 1.44. The van der Waals surface area contributed by atoms with Gasteiger partial charge in [0.15, 0.2) is 5.78 Å². The number of pyridine rings is 1. The molecule has 0 bridgehead atoms. The van der Waals surface area contributed by atoms with Crippen LogP contribution in [0, 0.1) is 11.6 Å². The highest BCUT2D eigenvalue weighted by atomic mass is 32.1. The van der Waals surface area contributed by atoms with Crippen LogP contribution in [-0.2, 0) is 19.6 Å².